The number of nitrogens with zero attached hydrogens (tertiary/aromatic N) is 3. The Hall–Kier alpha value is -3.68. The van der Waals surface area contributed by atoms with Crippen molar-refractivity contribution in [3.8, 4) is 11.4 Å². The van der Waals surface area contributed by atoms with Crippen LogP contribution in [0.4, 0.5) is 0 Å². The molecule has 0 fully saturated rings. The van der Waals surface area contributed by atoms with Gasteiger partial charge in [0.2, 0.25) is 5.91 Å². The van der Waals surface area contributed by atoms with E-state index >= 15 is 0 Å². The molecule has 0 radical (unpaired) electrons. The first-order valence-electron chi connectivity index (χ1n) is 8.87. The molecule has 2 amide bonds. The number of hydrogen-bond acceptors (Lipinski definition) is 4. The molecular weight excluding hydrogens is 358 g/mol. The molecule has 28 heavy (non-hydrogen) atoms. The second kappa shape index (κ2) is 6.80. The zero-order valence-corrected chi connectivity index (χ0v) is 15.3. The van der Waals surface area contributed by atoms with Gasteiger partial charge in [0.1, 0.15) is 11.4 Å². The molecule has 142 valence electrons. The Labute approximate surface area is 160 Å². The number of aromatic amines is 1. The Kier molecular flexibility index (Phi) is 4.31. The van der Waals surface area contributed by atoms with Crippen molar-refractivity contribution in [2.24, 2.45) is 12.8 Å². The Bertz CT molecular complexity index is 1130. The minimum atomic E-state index is -0.480. The molecule has 1 aliphatic heterocycles. The Balaban J connectivity index is 1.58. The van der Waals surface area contributed by atoms with Crippen molar-refractivity contribution in [2.75, 3.05) is 6.54 Å². The maximum Gasteiger partial charge on any atom is 0.263 e. The number of pyridine rings is 1. The van der Waals surface area contributed by atoms with Gasteiger partial charge in [-0.2, -0.15) is 0 Å². The van der Waals surface area contributed by atoms with Gasteiger partial charge < -0.3 is 20.2 Å². The molecule has 0 spiro atoms. The molecule has 2 aromatic heterocycles. The van der Waals surface area contributed by atoms with Crippen molar-refractivity contribution in [1.29, 1.82) is 0 Å². The zero-order valence-electron chi connectivity index (χ0n) is 15.3. The molecule has 3 heterocycles. The first-order valence-corrected chi connectivity index (χ1v) is 8.87. The number of nitrogens with one attached hydrogen (secondary N) is 1. The molecule has 1 aromatic carbocycles. The molecule has 0 atom stereocenters. The number of H-pyrrole nitrogens is 1. The van der Waals surface area contributed by atoms with E-state index in [0.29, 0.717) is 30.9 Å². The Morgan fingerprint density at radius 3 is 2.64 bits per heavy atom. The molecule has 1 aliphatic rings. The third-order valence-electron chi connectivity index (χ3n) is 4.92. The van der Waals surface area contributed by atoms with E-state index in [1.165, 1.54) is 4.57 Å². The number of carbonyl (C=O) groups excluding carboxylic acids is 2. The number of hydrogen-bond donors (Lipinski definition) is 2. The second-order valence-corrected chi connectivity index (χ2v) is 6.77. The number of aryl methyl sites for hydroxylation is 1. The van der Waals surface area contributed by atoms with E-state index < -0.39 is 5.91 Å². The molecule has 0 saturated carbocycles. The normalized spacial score (nSPS) is 13.2. The Morgan fingerprint density at radius 1 is 1.18 bits per heavy atom. The van der Waals surface area contributed by atoms with E-state index in [1.54, 1.807) is 54.5 Å². The number of primary amides is 1. The quantitative estimate of drug-likeness (QED) is 0.711. The fourth-order valence-corrected chi connectivity index (χ4v) is 3.33. The molecule has 3 N–H and O–H groups in total. The average Bonchev–Trinajstić information content (AvgIpc) is 3.13. The monoisotopic (exact) mass is 377 g/mol. The van der Waals surface area contributed by atoms with Crippen molar-refractivity contribution in [1.82, 2.24) is 19.4 Å². The SMILES string of the molecule is Cn1cccc(C(=O)N2CCc3nc(-c4ccc(C(N)=O)cc4)[nH]c3C2)c1=O. The maximum absolute atomic E-state index is 12.8. The third-order valence-corrected chi connectivity index (χ3v) is 4.92. The van der Waals surface area contributed by atoms with Gasteiger partial charge in [-0.1, -0.05) is 12.1 Å². The van der Waals surface area contributed by atoms with Gasteiger partial charge >= 0.3 is 0 Å². The van der Waals surface area contributed by atoms with Crippen molar-refractivity contribution in [3.05, 3.63) is 75.5 Å². The summed E-state index contributed by atoms with van der Waals surface area (Å²) in [7, 11) is 1.62. The van der Waals surface area contributed by atoms with Gasteiger partial charge in [0.05, 0.1) is 17.9 Å². The lowest BCUT2D eigenvalue weighted by Crippen LogP contribution is -2.39. The van der Waals surface area contributed by atoms with Crippen LogP contribution in [0.3, 0.4) is 0 Å². The molecule has 0 saturated heterocycles. The molecule has 8 heteroatoms. The fourth-order valence-electron chi connectivity index (χ4n) is 3.33. The van der Waals surface area contributed by atoms with Crippen LogP contribution in [-0.2, 0) is 20.0 Å². The minimum absolute atomic E-state index is 0.162. The summed E-state index contributed by atoms with van der Waals surface area (Å²) in [5.74, 6) is -0.0914. The molecular formula is C20H19N5O3. The van der Waals surface area contributed by atoms with Gasteiger partial charge in [0, 0.05) is 37.3 Å². The van der Waals surface area contributed by atoms with Gasteiger partial charge in [-0.15, -0.1) is 0 Å². The highest BCUT2D eigenvalue weighted by Crippen LogP contribution is 2.23. The van der Waals surface area contributed by atoms with Gasteiger partial charge in [0.25, 0.3) is 11.5 Å². The number of aromatic nitrogens is 3. The zero-order chi connectivity index (χ0) is 19.8. The molecule has 3 aromatic rings. The van der Waals surface area contributed by atoms with E-state index in [4.69, 9.17) is 5.73 Å². The summed E-state index contributed by atoms with van der Waals surface area (Å²) in [6.07, 6.45) is 2.22. The molecule has 4 rings (SSSR count). The number of amides is 2. The molecule has 8 nitrogen and oxygen atoms in total. The van der Waals surface area contributed by atoms with Crippen LogP contribution in [0, 0.1) is 0 Å². The number of carbonyl (C=O) groups is 2. The van der Waals surface area contributed by atoms with Crippen LogP contribution in [0.5, 0.6) is 0 Å². The van der Waals surface area contributed by atoms with Crippen molar-refractivity contribution in [3.63, 3.8) is 0 Å². The van der Waals surface area contributed by atoms with Gasteiger partial charge in [0.15, 0.2) is 0 Å². The maximum atomic E-state index is 12.8. The second-order valence-electron chi connectivity index (χ2n) is 6.77. The highest BCUT2D eigenvalue weighted by molar-refractivity contribution is 5.94. The van der Waals surface area contributed by atoms with Crippen molar-refractivity contribution < 1.29 is 9.59 Å². The standard InChI is InChI=1S/C20H19N5O3/c1-24-9-2-3-14(19(24)27)20(28)25-10-8-15-16(11-25)23-18(22-15)13-6-4-12(5-7-13)17(21)26/h2-7,9H,8,10-11H2,1H3,(H2,21,26)(H,22,23). The molecule has 0 bridgehead atoms. The average molecular weight is 377 g/mol. The Morgan fingerprint density at radius 2 is 1.93 bits per heavy atom. The summed E-state index contributed by atoms with van der Waals surface area (Å²) < 4.78 is 1.40. The third kappa shape index (κ3) is 3.09. The largest absolute Gasteiger partial charge is 0.366 e. The van der Waals surface area contributed by atoms with Crippen LogP contribution >= 0.6 is 0 Å². The lowest BCUT2D eigenvalue weighted by Gasteiger charge is -2.26. The van der Waals surface area contributed by atoms with Crippen LogP contribution in [-0.4, -0.2) is 37.8 Å². The summed E-state index contributed by atoms with van der Waals surface area (Å²) >= 11 is 0. The topological polar surface area (TPSA) is 114 Å². The van der Waals surface area contributed by atoms with E-state index in [2.05, 4.69) is 9.97 Å². The summed E-state index contributed by atoms with van der Waals surface area (Å²) in [5, 5.41) is 0. The van der Waals surface area contributed by atoms with Crippen molar-refractivity contribution in [2.45, 2.75) is 13.0 Å². The molecule has 0 unspecified atom stereocenters. The van der Waals surface area contributed by atoms with Crippen LogP contribution in [0.1, 0.15) is 32.1 Å². The van der Waals surface area contributed by atoms with E-state index in [9.17, 15) is 14.4 Å². The van der Waals surface area contributed by atoms with Crippen LogP contribution in [0.15, 0.2) is 47.4 Å². The highest BCUT2D eigenvalue weighted by atomic mass is 16.2. The van der Waals surface area contributed by atoms with E-state index in [0.717, 1.165) is 17.0 Å². The first-order chi connectivity index (χ1) is 13.4. The van der Waals surface area contributed by atoms with Gasteiger partial charge in [-0.3, -0.25) is 14.4 Å². The number of rotatable bonds is 3. The highest BCUT2D eigenvalue weighted by Gasteiger charge is 2.26. The van der Waals surface area contributed by atoms with Gasteiger partial charge in [-0.05, 0) is 24.3 Å². The van der Waals surface area contributed by atoms with Crippen LogP contribution < -0.4 is 11.3 Å². The first kappa shape index (κ1) is 17.7. The summed E-state index contributed by atoms with van der Waals surface area (Å²) in [5.41, 5.74) is 8.13. The lowest BCUT2D eigenvalue weighted by atomic mass is 10.1. The van der Waals surface area contributed by atoms with Crippen LogP contribution in [0.2, 0.25) is 0 Å². The summed E-state index contributed by atoms with van der Waals surface area (Å²) in [6.45, 7) is 0.855. The summed E-state index contributed by atoms with van der Waals surface area (Å²) in [4.78, 5) is 45.8. The van der Waals surface area contributed by atoms with E-state index in [1.807, 2.05) is 0 Å². The number of benzene rings is 1. The van der Waals surface area contributed by atoms with E-state index in [-0.39, 0.29) is 17.0 Å². The summed E-state index contributed by atoms with van der Waals surface area (Å²) in [6, 6.07) is 10.1. The number of nitrogens with two attached hydrogens (primary N) is 1. The van der Waals surface area contributed by atoms with Crippen LogP contribution in [0.25, 0.3) is 11.4 Å². The minimum Gasteiger partial charge on any atom is -0.366 e. The number of imidazole rings is 1. The number of fused-ring (bicyclic) bond motifs is 1. The smallest absolute Gasteiger partial charge is 0.263 e. The predicted octanol–water partition coefficient (Wildman–Crippen LogP) is 1.07. The van der Waals surface area contributed by atoms with Gasteiger partial charge in [-0.25, -0.2) is 4.98 Å². The fraction of sp³-hybridized carbons (Fsp3) is 0.200. The lowest BCUT2D eigenvalue weighted by molar-refractivity contribution is 0.0729. The van der Waals surface area contributed by atoms with Crippen molar-refractivity contribution >= 4 is 11.8 Å². The molecule has 0 aliphatic carbocycles. The predicted molar refractivity (Wildman–Crippen MR) is 103 cm³/mol.